The maximum Gasteiger partial charge on any atom is 0.242 e. The van der Waals surface area contributed by atoms with Gasteiger partial charge in [-0.05, 0) is 42.7 Å². The molecular formula is C20H26N2O5S. The Balaban J connectivity index is 2.09. The number of methoxy groups -OCH3 is 2. The van der Waals surface area contributed by atoms with Gasteiger partial charge in [-0.1, -0.05) is 26.0 Å². The van der Waals surface area contributed by atoms with Crippen LogP contribution in [0.3, 0.4) is 0 Å². The van der Waals surface area contributed by atoms with Gasteiger partial charge >= 0.3 is 0 Å². The summed E-state index contributed by atoms with van der Waals surface area (Å²) in [6.07, 6.45) is 0. The molecule has 2 aromatic carbocycles. The number of benzene rings is 2. The van der Waals surface area contributed by atoms with Crippen LogP contribution < -0.4 is 19.5 Å². The van der Waals surface area contributed by atoms with E-state index < -0.39 is 22.0 Å². The second kappa shape index (κ2) is 9.07. The quantitative estimate of drug-likeness (QED) is 0.702. The van der Waals surface area contributed by atoms with E-state index in [9.17, 15) is 13.2 Å². The summed E-state index contributed by atoms with van der Waals surface area (Å²) >= 11 is 0. The van der Waals surface area contributed by atoms with E-state index in [4.69, 9.17) is 9.47 Å². The Morgan fingerprint density at radius 1 is 0.929 bits per heavy atom. The van der Waals surface area contributed by atoms with E-state index in [-0.39, 0.29) is 10.6 Å². The van der Waals surface area contributed by atoms with Gasteiger partial charge < -0.3 is 14.8 Å². The highest BCUT2D eigenvalue weighted by Crippen LogP contribution is 2.29. The third-order valence-electron chi connectivity index (χ3n) is 4.24. The molecule has 2 rings (SSSR count). The minimum Gasteiger partial charge on any atom is -0.493 e. The van der Waals surface area contributed by atoms with Crippen LogP contribution in [-0.2, 0) is 14.8 Å². The van der Waals surface area contributed by atoms with Gasteiger partial charge in [-0.3, -0.25) is 4.79 Å². The van der Waals surface area contributed by atoms with Gasteiger partial charge in [0.15, 0.2) is 11.5 Å². The Labute approximate surface area is 166 Å². The van der Waals surface area contributed by atoms with Crippen molar-refractivity contribution in [3.63, 3.8) is 0 Å². The van der Waals surface area contributed by atoms with Crippen LogP contribution in [0.1, 0.15) is 32.3 Å². The van der Waals surface area contributed by atoms with E-state index in [1.165, 1.54) is 39.3 Å². The number of amides is 1. The predicted octanol–water partition coefficient (Wildman–Crippen LogP) is 3.13. The third kappa shape index (κ3) is 5.24. The van der Waals surface area contributed by atoms with Crippen molar-refractivity contribution in [1.82, 2.24) is 4.72 Å². The van der Waals surface area contributed by atoms with Crippen LogP contribution in [-0.4, -0.2) is 34.6 Å². The van der Waals surface area contributed by atoms with Crippen molar-refractivity contribution >= 4 is 21.6 Å². The molecule has 7 nitrogen and oxygen atoms in total. The summed E-state index contributed by atoms with van der Waals surface area (Å²) in [5, 5.41) is 2.71. The molecule has 0 saturated heterocycles. The highest BCUT2D eigenvalue weighted by molar-refractivity contribution is 7.89. The molecular weight excluding hydrogens is 380 g/mol. The van der Waals surface area contributed by atoms with E-state index in [0.29, 0.717) is 17.4 Å². The standard InChI is InChI=1S/C20H26N2O5S/c1-13(2)15-6-8-16(9-7-15)21-20(23)14(3)22-28(24,25)17-10-11-18(26-4)19(12-17)27-5/h6-14,22H,1-5H3,(H,21,23)/t14-/m0/s1. The number of hydrogen-bond donors (Lipinski definition) is 2. The van der Waals surface area contributed by atoms with E-state index in [0.717, 1.165) is 5.56 Å². The van der Waals surface area contributed by atoms with Crippen LogP contribution in [0.2, 0.25) is 0 Å². The molecule has 2 aromatic rings. The summed E-state index contributed by atoms with van der Waals surface area (Å²) in [7, 11) is -1.04. The molecule has 1 atom stereocenters. The predicted molar refractivity (Wildman–Crippen MR) is 108 cm³/mol. The summed E-state index contributed by atoms with van der Waals surface area (Å²) in [6.45, 7) is 5.65. The molecule has 0 aromatic heterocycles. The van der Waals surface area contributed by atoms with Crippen LogP contribution in [0, 0.1) is 0 Å². The van der Waals surface area contributed by atoms with Crippen molar-refractivity contribution in [3.8, 4) is 11.5 Å². The molecule has 0 fully saturated rings. The van der Waals surface area contributed by atoms with Crippen LogP contribution in [0.4, 0.5) is 5.69 Å². The lowest BCUT2D eigenvalue weighted by Crippen LogP contribution is -2.41. The van der Waals surface area contributed by atoms with Gasteiger partial charge in [-0.25, -0.2) is 8.42 Å². The van der Waals surface area contributed by atoms with Crippen LogP contribution in [0.15, 0.2) is 47.4 Å². The second-order valence-electron chi connectivity index (χ2n) is 6.63. The molecule has 0 aliphatic heterocycles. The maximum absolute atomic E-state index is 12.6. The zero-order valence-electron chi connectivity index (χ0n) is 16.6. The first-order chi connectivity index (χ1) is 13.2. The van der Waals surface area contributed by atoms with Crippen molar-refractivity contribution in [3.05, 3.63) is 48.0 Å². The number of hydrogen-bond acceptors (Lipinski definition) is 5. The van der Waals surface area contributed by atoms with Crippen molar-refractivity contribution in [2.45, 2.75) is 37.6 Å². The Bertz CT molecular complexity index is 924. The number of carbonyl (C=O) groups is 1. The fourth-order valence-electron chi connectivity index (χ4n) is 2.54. The Hall–Kier alpha value is -2.58. The van der Waals surface area contributed by atoms with Crippen LogP contribution >= 0.6 is 0 Å². The summed E-state index contributed by atoms with van der Waals surface area (Å²) in [5.74, 6) is 0.628. The molecule has 0 aliphatic rings. The van der Waals surface area contributed by atoms with Crippen molar-refractivity contribution in [1.29, 1.82) is 0 Å². The Morgan fingerprint density at radius 3 is 2.07 bits per heavy atom. The van der Waals surface area contributed by atoms with Gasteiger partial charge in [0.1, 0.15) is 0 Å². The summed E-state index contributed by atoms with van der Waals surface area (Å²) in [5.41, 5.74) is 1.76. The highest BCUT2D eigenvalue weighted by Gasteiger charge is 2.23. The largest absolute Gasteiger partial charge is 0.493 e. The van der Waals surface area contributed by atoms with Crippen molar-refractivity contribution < 1.29 is 22.7 Å². The van der Waals surface area contributed by atoms with Gasteiger partial charge in [0.05, 0.1) is 25.2 Å². The zero-order chi connectivity index (χ0) is 20.9. The van der Waals surface area contributed by atoms with E-state index in [1.54, 1.807) is 12.1 Å². The third-order valence-corrected chi connectivity index (χ3v) is 5.77. The Kier molecular flexibility index (Phi) is 7.04. The fourth-order valence-corrected chi connectivity index (χ4v) is 3.76. The number of anilines is 1. The van der Waals surface area contributed by atoms with E-state index >= 15 is 0 Å². The van der Waals surface area contributed by atoms with Gasteiger partial charge in [0, 0.05) is 11.8 Å². The molecule has 8 heteroatoms. The number of rotatable bonds is 8. The lowest BCUT2D eigenvalue weighted by Gasteiger charge is -2.16. The number of carbonyl (C=O) groups excluding carboxylic acids is 1. The second-order valence-corrected chi connectivity index (χ2v) is 8.34. The molecule has 0 aliphatic carbocycles. The molecule has 28 heavy (non-hydrogen) atoms. The van der Waals surface area contributed by atoms with Gasteiger partial charge in [0.25, 0.3) is 0 Å². The summed E-state index contributed by atoms with van der Waals surface area (Å²) < 4.78 is 37.8. The summed E-state index contributed by atoms with van der Waals surface area (Å²) in [4.78, 5) is 12.4. The zero-order valence-corrected chi connectivity index (χ0v) is 17.5. The smallest absolute Gasteiger partial charge is 0.242 e. The number of sulfonamides is 1. The average Bonchev–Trinajstić information content (AvgIpc) is 2.67. The monoisotopic (exact) mass is 406 g/mol. The summed E-state index contributed by atoms with van der Waals surface area (Å²) in [6, 6.07) is 10.7. The van der Waals surface area contributed by atoms with Gasteiger partial charge in [-0.15, -0.1) is 0 Å². The lowest BCUT2D eigenvalue weighted by atomic mass is 10.0. The lowest BCUT2D eigenvalue weighted by molar-refractivity contribution is -0.117. The number of ether oxygens (including phenoxy) is 2. The average molecular weight is 407 g/mol. The molecule has 0 radical (unpaired) electrons. The normalized spacial score (nSPS) is 12.5. The molecule has 0 saturated carbocycles. The van der Waals surface area contributed by atoms with Crippen LogP contribution in [0.25, 0.3) is 0 Å². The molecule has 152 valence electrons. The molecule has 2 N–H and O–H groups in total. The minimum atomic E-state index is -3.92. The van der Waals surface area contributed by atoms with Crippen molar-refractivity contribution in [2.75, 3.05) is 19.5 Å². The SMILES string of the molecule is COc1ccc(S(=O)(=O)N[C@@H](C)C(=O)Nc2ccc(C(C)C)cc2)cc1OC. The minimum absolute atomic E-state index is 0.0221. The molecule has 0 spiro atoms. The van der Waals surface area contributed by atoms with E-state index in [1.807, 2.05) is 12.1 Å². The van der Waals surface area contributed by atoms with Gasteiger partial charge in [-0.2, -0.15) is 4.72 Å². The van der Waals surface area contributed by atoms with Gasteiger partial charge in [0.2, 0.25) is 15.9 Å². The Morgan fingerprint density at radius 2 is 1.54 bits per heavy atom. The fraction of sp³-hybridized carbons (Fsp3) is 0.350. The van der Waals surface area contributed by atoms with E-state index in [2.05, 4.69) is 23.9 Å². The highest BCUT2D eigenvalue weighted by atomic mass is 32.2. The molecule has 0 heterocycles. The molecule has 0 bridgehead atoms. The molecule has 1 amide bonds. The topological polar surface area (TPSA) is 93.7 Å². The number of nitrogens with one attached hydrogen (secondary N) is 2. The van der Waals surface area contributed by atoms with Crippen molar-refractivity contribution in [2.24, 2.45) is 0 Å². The maximum atomic E-state index is 12.6. The first-order valence-electron chi connectivity index (χ1n) is 8.83. The first-order valence-corrected chi connectivity index (χ1v) is 10.3. The first kappa shape index (κ1) is 21.7. The van der Waals surface area contributed by atoms with Crippen LogP contribution in [0.5, 0.6) is 11.5 Å². The molecule has 0 unspecified atom stereocenters.